The molecule has 16 heavy (non-hydrogen) atoms. The number of aromatic nitrogens is 2. The van der Waals surface area contributed by atoms with Gasteiger partial charge in [-0.05, 0) is 23.7 Å². The summed E-state index contributed by atoms with van der Waals surface area (Å²) >= 11 is 18.8. The lowest BCUT2D eigenvalue weighted by atomic mass is 10.3. The van der Waals surface area contributed by atoms with Crippen molar-refractivity contribution in [1.29, 1.82) is 0 Å². The standard InChI is InChI=1S/C9H5Cl3N2OS/c10-5-2-1-3-6(11)8(5)15-4-7-13-14-9(12)16-7/h1-3H,4H2. The number of rotatable bonds is 3. The summed E-state index contributed by atoms with van der Waals surface area (Å²) in [6.07, 6.45) is 0. The first-order chi connectivity index (χ1) is 7.66. The van der Waals surface area contributed by atoms with E-state index in [9.17, 15) is 0 Å². The van der Waals surface area contributed by atoms with E-state index in [1.165, 1.54) is 11.3 Å². The minimum atomic E-state index is 0.244. The highest BCUT2D eigenvalue weighted by Crippen LogP contribution is 2.33. The Bertz CT molecular complexity index is 483. The van der Waals surface area contributed by atoms with Gasteiger partial charge in [0.2, 0.25) is 4.47 Å². The largest absolute Gasteiger partial charge is 0.483 e. The van der Waals surface area contributed by atoms with Crippen molar-refractivity contribution < 1.29 is 4.74 Å². The van der Waals surface area contributed by atoms with Gasteiger partial charge in [0.1, 0.15) is 6.61 Å². The zero-order valence-corrected chi connectivity index (χ0v) is 10.9. The van der Waals surface area contributed by atoms with Crippen LogP contribution in [0.25, 0.3) is 0 Å². The third-order valence-electron chi connectivity index (χ3n) is 1.70. The lowest BCUT2D eigenvalue weighted by Gasteiger charge is -2.07. The van der Waals surface area contributed by atoms with Crippen LogP contribution in [0.4, 0.5) is 0 Å². The fourth-order valence-electron chi connectivity index (χ4n) is 1.05. The zero-order valence-electron chi connectivity index (χ0n) is 7.78. The second-order valence-corrected chi connectivity index (χ2v) is 5.25. The molecule has 84 valence electrons. The molecule has 7 heteroatoms. The smallest absolute Gasteiger partial charge is 0.207 e. The van der Waals surface area contributed by atoms with Crippen LogP contribution in [0.1, 0.15) is 5.01 Å². The summed E-state index contributed by atoms with van der Waals surface area (Å²) in [6, 6.07) is 5.16. The molecule has 0 aliphatic rings. The summed E-state index contributed by atoms with van der Waals surface area (Å²) in [7, 11) is 0. The fraction of sp³-hybridized carbons (Fsp3) is 0.111. The molecule has 0 saturated carbocycles. The van der Waals surface area contributed by atoms with E-state index in [1.807, 2.05) is 0 Å². The Labute approximate surface area is 111 Å². The van der Waals surface area contributed by atoms with Crippen molar-refractivity contribution in [1.82, 2.24) is 10.2 Å². The Kier molecular flexibility index (Phi) is 3.86. The molecule has 0 aliphatic heterocycles. The van der Waals surface area contributed by atoms with E-state index in [0.29, 0.717) is 25.3 Å². The molecule has 0 N–H and O–H groups in total. The number of nitrogens with zero attached hydrogens (tertiary/aromatic N) is 2. The van der Waals surface area contributed by atoms with Crippen molar-refractivity contribution in [2.45, 2.75) is 6.61 Å². The third-order valence-corrected chi connectivity index (χ3v) is 3.29. The van der Waals surface area contributed by atoms with Gasteiger partial charge in [0, 0.05) is 0 Å². The number of para-hydroxylation sites is 1. The Morgan fingerprint density at radius 1 is 1.12 bits per heavy atom. The molecule has 1 aromatic heterocycles. The number of hydrogen-bond acceptors (Lipinski definition) is 4. The van der Waals surface area contributed by atoms with E-state index in [4.69, 9.17) is 39.5 Å². The molecule has 0 bridgehead atoms. The Balaban J connectivity index is 2.10. The monoisotopic (exact) mass is 294 g/mol. The molecule has 0 fully saturated rings. The number of hydrogen-bond donors (Lipinski definition) is 0. The minimum Gasteiger partial charge on any atom is -0.483 e. The summed E-state index contributed by atoms with van der Waals surface area (Å²) in [4.78, 5) is 0. The van der Waals surface area contributed by atoms with E-state index in [2.05, 4.69) is 10.2 Å². The molecular weight excluding hydrogens is 291 g/mol. The molecule has 0 amide bonds. The molecule has 0 unspecified atom stereocenters. The SMILES string of the molecule is Clc1nnc(COc2c(Cl)cccc2Cl)s1. The fourth-order valence-corrected chi connectivity index (χ4v) is 2.33. The molecule has 0 atom stereocenters. The van der Waals surface area contributed by atoms with Crippen LogP contribution in [-0.4, -0.2) is 10.2 Å². The first kappa shape index (κ1) is 11.9. The molecule has 1 aromatic carbocycles. The molecule has 1 heterocycles. The number of halogens is 3. The maximum absolute atomic E-state index is 5.93. The maximum atomic E-state index is 5.93. The molecule has 0 spiro atoms. The lowest BCUT2D eigenvalue weighted by Crippen LogP contribution is -1.96. The van der Waals surface area contributed by atoms with Crippen molar-refractivity contribution in [3.63, 3.8) is 0 Å². The summed E-state index contributed by atoms with van der Waals surface area (Å²) < 4.78 is 5.83. The van der Waals surface area contributed by atoms with E-state index in [0.717, 1.165) is 0 Å². The second kappa shape index (κ2) is 5.19. The summed E-state index contributed by atoms with van der Waals surface area (Å²) in [5.74, 6) is 0.442. The number of benzene rings is 1. The Morgan fingerprint density at radius 2 is 1.81 bits per heavy atom. The molecule has 2 rings (SSSR count). The molecule has 0 saturated heterocycles. The summed E-state index contributed by atoms with van der Waals surface area (Å²) in [5.41, 5.74) is 0. The number of ether oxygens (including phenoxy) is 1. The predicted molar refractivity (Wildman–Crippen MR) is 65.7 cm³/mol. The van der Waals surface area contributed by atoms with Crippen molar-refractivity contribution in [3.8, 4) is 5.75 Å². The highest BCUT2D eigenvalue weighted by Gasteiger charge is 2.08. The average Bonchev–Trinajstić information content (AvgIpc) is 2.63. The van der Waals surface area contributed by atoms with E-state index < -0.39 is 0 Å². The predicted octanol–water partition coefficient (Wildman–Crippen LogP) is 4.08. The van der Waals surface area contributed by atoms with Gasteiger partial charge in [-0.2, -0.15) is 0 Å². The normalized spacial score (nSPS) is 10.4. The van der Waals surface area contributed by atoms with Gasteiger partial charge in [-0.15, -0.1) is 10.2 Å². The van der Waals surface area contributed by atoms with Crippen LogP contribution >= 0.6 is 46.1 Å². The minimum absolute atomic E-state index is 0.244. The Morgan fingerprint density at radius 3 is 2.38 bits per heavy atom. The van der Waals surface area contributed by atoms with Crippen LogP contribution in [0.15, 0.2) is 18.2 Å². The highest BCUT2D eigenvalue weighted by atomic mass is 35.5. The first-order valence-electron chi connectivity index (χ1n) is 4.21. The topological polar surface area (TPSA) is 35.0 Å². The average molecular weight is 296 g/mol. The van der Waals surface area contributed by atoms with Crippen LogP contribution in [0, 0.1) is 0 Å². The quantitative estimate of drug-likeness (QED) is 0.856. The zero-order chi connectivity index (χ0) is 11.5. The molecule has 3 nitrogen and oxygen atoms in total. The van der Waals surface area contributed by atoms with Gasteiger partial charge in [-0.1, -0.05) is 40.6 Å². The van der Waals surface area contributed by atoms with E-state index >= 15 is 0 Å². The van der Waals surface area contributed by atoms with E-state index in [-0.39, 0.29) is 6.61 Å². The van der Waals surface area contributed by atoms with Gasteiger partial charge in [-0.25, -0.2) is 0 Å². The molecule has 0 radical (unpaired) electrons. The maximum Gasteiger partial charge on any atom is 0.207 e. The molecular formula is C9H5Cl3N2OS. The van der Waals surface area contributed by atoms with Crippen molar-refractivity contribution in [2.24, 2.45) is 0 Å². The van der Waals surface area contributed by atoms with Gasteiger partial charge in [0.25, 0.3) is 0 Å². The van der Waals surface area contributed by atoms with Crippen LogP contribution in [0.5, 0.6) is 5.75 Å². The summed E-state index contributed by atoms with van der Waals surface area (Å²) in [5, 5.41) is 9.07. The van der Waals surface area contributed by atoms with Gasteiger partial charge >= 0.3 is 0 Å². The van der Waals surface area contributed by atoms with Crippen LogP contribution in [-0.2, 0) is 6.61 Å². The second-order valence-electron chi connectivity index (χ2n) is 2.79. The van der Waals surface area contributed by atoms with Gasteiger partial charge < -0.3 is 4.74 Å². The molecule has 2 aromatic rings. The lowest BCUT2D eigenvalue weighted by molar-refractivity contribution is 0.305. The third kappa shape index (κ3) is 2.77. The van der Waals surface area contributed by atoms with Crippen molar-refractivity contribution in [3.05, 3.63) is 37.7 Å². The summed E-state index contributed by atoms with van der Waals surface area (Å²) in [6.45, 7) is 0.244. The van der Waals surface area contributed by atoms with Gasteiger partial charge in [0.15, 0.2) is 10.8 Å². The van der Waals surface area contributed by atoms with Gasteiger partial charge in [-0.3, -0.25) is 0 Å². The van der Waals surface area contributed by atoms with Crippen LogP contribution < -0.4 is 4.74 Å². The first-order valence-corrected chi connectivity index (χ1v) is 6.16. The van der Waals surface area contributed by atoms with Crippen LogP contribution in [0.2, 0.25) is 14.5 Å². The van der Waals surface area contributed by atoms with E-state index in [1.54, 1.807) is 18.2 Å². The van der Waals surface area contributed by atoms with Crippen molar-refractivity contribution in [2.75, 3.05) is 0 Å². The Hall–Kier alpha value is -0.550. The highest BCUT2D eigenvalue weighted by molar-refractivity contribution is 7.15. The van der Waals surface area contributed by atoms with Crippen molar-refractivity contribution >= 4 is 46.1 Å². The molecule has 0 aliphatic carbocycles. The van der Waals surface area contributed by atoms with Crippen LogP contribution in [0.3, 0.4) is 0 Å². The van der Waals surface area contributed by atoms with Gasteiger partial charge in [0.05, 0.1) is 10.0 Å².